The van der Waals surface area contributed by atoms with E-state index in [1.54, 1.807) is 37.8 Å². The van der Waals surface area contributed by atoms with Crippen LogP contribution < -0.4 is 10.9 Å². The maximum absolute atomic E-state index is 13.2. The largest absolute Gasteiger partial charge is 0.327 e. The van der Waals surface area contributed by atoms with Crippen LogP contribution in [-0.4, -0.2) is 34.6 Å². The predicted molar refractivity (Wildman–Crippen MR) is 129 cm³/mol. The number of pyridine rings is 2. The second kappa shape index (κ2) is 8.40. The summed E-state index contributed by atoms with van der Waals surface area (Å²) in [6.07, 6.45) is 9.65. The lowest BCUT2D eigenvalue weighted by Gasteiger charge is -2.14. The molecule has 0 spiro atoms. The van der Waals surface area contributed by atoms with Crippen LogP contribution in [0.25, 0.3) is 17.2 Å². The Morgan fingerprint density at radius 1 is 1.21 bits per heavy atom. The number of imidazole rings is 2. The van der Waals surface area contributed by atoms with Gasteiger partial charge in [0.2, 0.25) is 0 Å². The Balaban J connectivity index is 1.46. The molecule has 4 aromatic heterocycles. The number of amides is 1. The molecule has 0 bridgehead atoms. The molecule has 9 heteroatoms. The van der Waals surface area contributed by atoms with E-state index in [1.807, 2.05) is 34.5 Å². The average molecular weight is 458 g/mol. The van der Waals surface area contributed by atoms with E-state index in [4.69, 9.17) is 0 Å². The SMILES string of the molecule is Cc1c(-n2cnc(C3CC3)c2)cc(C(=O)Nc2cccc(-c3nccn3C(C)C)n2)c(=O)n1C. The van der Waals surface area contributed by atoms with Crippen molar-refractivity contribution in [1.29, 1.82) is 0 Å². The van der Waals surface area contributed by atoms with E-state index in [1.165, 1.54) is 4.57 Å². The van der Waals surface area contributed by atoms with Gasteiger partial charge in [0.25, 0.3) is 11.5 Å². The highest BCUT2D eigenvalue weighted by atomic mass is 16.2. The van der Waals surface area contributed by atoms with Gasteiger partial charge in [0.1, 0.15) is 17.1 Å². The minimum absolute atomic E-state index is 0.0423. The van der Waals surface area contributed by atoms with Gasteiger partial charge in [-0.1, -0.05) is 6.07 Å². The van der Waals surface area contributed by atoms with Gasteiger partial charge < -0.3 is 19.0 Å². The first kappa shape index (κ1) is 21.8. The molecule has 1 aliphatic carbocycles. The molecule has 0 aliphatic heterocycles. The highest BCUT2D eigenvalue weighted by Crippen LogP contribution is 2.39. The first-order valence-electron chi connectivity index (χ1n) is 11.4. The molecule has 4 heterocycles. The fourth-order valence-corrected chi connectivity index (χ4v) is 4.03. The molecule has 34 heavy (non-hydrogen) atoms. The molecule has 0 aromatic carbocycles. The van der Waals surface area contributed by atoms with Crippen LogP contribution in [0.1, 0.15) is 60.4 Å². The van der Waals surface area contributed by atoms with Crippen molar-refractivity contribution in [2.75, 3.05) is 5.32 Å². The minimum atomic E-state index is -0.513. The number of carbonyl (C=O) groups is 1. The summed E-state index contributed by atoms with van der Waals surface area (Å²) in [5.74, 6) is 1.07. The van der Waals surface area contributed by atoms with Gasteiger partial charge in [-0.3, -0.25) is 9.59 Å². The van der Waals surface area contributed by atoms with Gasteiger partial charge in [-0.15, -0.1) is 0 Å². The highest BCUT2D eigenvalue weighted by Gasteiger charge is 2.26. The van der Waals surface area contributed by atoms with Gasteiger partial charge in [-0.2, -0.15) is 0 Å². The first-order valence-corrected chi connectivity index (χ1v) is 11.4. The molecular weight excluding hydrogens is 430 g/mol. The fourth-order valence-electron chi connectivity index (χ4n) is 4.03. The molecule has 1 N–H and O–H groups in total. The average Bonchev–Trinajstić information content (AvgIpc) is 3.33. The predicted octanol–water partition coefficient (Wildman–Crippen LogP) is 3.85. The Morgan fingerprint density at radius 2 is 2.00 bits per heavy atom. The van der Waals surface area contributed by atoms with Crippen LogP contribution in [0, 0.1) is 6.92 Å². The van der Waals surface area contributed by atoms with Crippen LogP contribution in [0.2, 0.25) is 0 Å². The molecule has 0 saturated heterocycles. The summed E-state index contributed by atoms with van der Waals surface area (Å²) in [7, 11) is 1.67. The number of anilines is 1. The molecule has 1 saturated carbocycles. The van der Waals surface area contributed by atoms with E-state index < -0.39 is 5.91 Å². The lowest BCUT2D eigenvalue weighted by molar-refractivity contribution is 0.102. The van der Waals surface area contributed by atoms with Gasteiger partial charge in [0, 0.05) is 43.3 Å². The third-order valence-corrected chi connectivity index (χ3v) is 6.26. The molecule has 1 fully saturated rings. The lowest BCUT2D eigenvalue weighted by atomic mass is 10.2. The number of carbonyl (C=O) groups excluding carboxylic acids is 1. The van der Waals surface area contributed by atoms with Gasteiger partial charge in [-0.25, -0.2) is 15.0 Å². The number of nitrogens with one attached hydrogen (secondary N) is 1. The summed E-state index contributed by atoms with van der Waals surface area (Å²) in [6.45, 7) is 5.99. The summed E-state index contributed by atoms with van der Waals surface area (Å²) >= 11 is 0. The number of nitrogens with zero attached hydrogens (tertiary/aromatic N) is 6. The molecular formula is C25H27N7O2. The summed E-state index contributed by atoms with van der Waals surface area (Å²) in [6, 6.07) is 7.19. The van der Waals surface area contributed by atoms with Gasteiger partial charge >= 0.3 is 0 Å². The highest BCUT2D eigenvalue weighted by molar-refractivity contribution is 6.04. The van der Waals surface area contributed by atoms with Crippen molar-refractivity contribution < 1.29 is 4.79 Å². The van der Waals surface area contributed by atoms with Crippen molar-refractivity contribution in [2.45, 2.75) is 45.6 Å². The Bertz CT molecular complexity index is 1440. The monoisotopic (exact) mass is 457 g/mol. The number of hydrogen-bond acceptors (Lipinski definition) is 5. The van der Waals surface area contributed by atoms with Crippen LogP contribution in [0.15, 0.2) is 54.0 Å². The summed E-state index contributed by atoms with van der Waals surface area (Å²) < 4.78 is 5.38. The van der Waals surface area contributed by atoms with Gasteiger partial charge in [-0.05, 0) is 51.8 Å². The molecule has 0 radical (unpaired) electrons. The van der Waals surface area contributed by atoms with Crippen LogP contribution in [-0.2, 0) is 7.05 Å². The maximum Gasteiger partial charge on any atom is 0.263 e. The second-order valence-corrected chi connectivity index (χ2v) is 8.99. The standard InChI is InChI=1S/C25H27N7O2/c1-15(2)32-11-10-26-23(32)19-6-5-7-22(28-19)29-24(33)18-12-21(16(3)30(4)25(18)34)31-13-20(27-14-31)17-8-9-17/h5-7,10-15,17H,8-9H2,1-4H3,(H,28,29,33). The van der Waals surface area contributed by atoms with Crippen molar-refractivity contribution in [1.82, 2.24) is 28.7 Å². The smallest absolute Gasteiger partial charge is 0.263 e. The van der Waals surface area contributed by atoms with Crippen molar-refractivity contribution in [3.05, 3.63) is 76.5 Å². The zero-order chi connectivity index (χ0) is 24.0. The Morgan fingerprint density at radius 3 is 2.74 bits per heavy atom. The number of aromatic nitrogens is 6. The summed E-state index contributed by atoms with van der Waals surface area (Å²) in [4.78, 5) is 39.6. The molecule has 5 rings (SSSR count). The zero-order valence-electron chi connectivity index (χ0n) is 19.7. The molecule has 1 amide bonds. The van der Waals surface area contributed by atoms with E-state index in [-0.39, 0.29) is 17.2 Å². The Kier molecular flexibility index (Phi) is 5.39. The van der Waals surface area contributed by atoms with E-state index in [2.05, 4.69) is 34.1 Å². The molecule has 0 atom stereocenters. The summed E-state index contributed by atoms with van der Waals surface area (Å²) in [5, 5.41) is 2.78. The van der Waals surface area contributed by atoms with Crippen LogP contribution in [0.4, 0.5) is 5.82 Å². The van der Waals surface area contributed by atoms with Crippen LogP contribution in [0.5, 0.6) is 0 Å². The van der Waals surface area contributed by atoms with Crippen molar-refractivity contribution >= 4 is 11.7 Å². The normalized spacial score (nSPS) is 13.4. The molecule has 0 unspecified atom stereocenters. The Labute approximate surface area is 197 Å². The molecule has 174 valence electrons. The third kappa shape index (κ3) is 3.93. The van der Waals surface area contributed by atoms with Crippen LogP contribution in [0.3, 0.4) is 0 Å². The first-order chi connectivity index (χ1) is 16.3. The zero-order valence-corrected chi connectivity index (χ0v) is 19.7. The molecule has 4 aromatic rings. The van der Waals surface area contributed by atoms with Crippen molar-refractivity contribution in [3.63, 3.8) is 0 Å². The topological polar surface area (TPSA) is 99.6 Å². The molecule has 9 nitrogen and oxygen atoms in total. The van der Waals surface area contributed by atoms with E-state index in [9.17, 15) is 9.59 Å². The fraction of sp³-hybridized carbons (Fsp3) is 0.320. The van der Waals surface area contributed by atoms with Crippen molar-refractivity contribution in [3.8, 4) is 17.2 Å². The van der Waals surface area contributed by atoms with Gasteiger partial charge in [0.05, 0.1) is 17.7 Å². The number of rotatable bonds is 6. The minimum Gasteiger partial charge on any atom is -0.327 e. The quantitative estimate of drug-likeness (QED) is 0.474. The van der Waals surface area contributed by atoms with Crippen LogP contribution >= 0.6 is 0 Å². The lowest BCUT2D eigenvalue weighted by Crippen LogP contribution is -2.30. The summed E-state index contributed by atoms with van der Waals surface area (Å²) in [5.41, 5.74) is 2.85. The van der Waals surface area contributed by atoms with E-state index >= 15 is 0 Å². The number of hydrogen-bond donors (Lipinski definition) is 1. The maximum atomic E-state index is 13.2. The Hall–Kier alpha value is -4.01. The van der Waals surface area contributed by atoms with Crippen molar-refractivity contribution in [2.24, 2.45) is 7.05 Å². The van der Waals surface area contributed by atoms with E-state index in [0.717, 1.165) is 29.9 Å². The second-order valence-electron chi connectivity index (χ2n) is 8.99. The van der Waals surface area contributed by atoms with Gasteiger partial charge in [0.15, 0.2) is 5.82 Å². The third-order valence-electron chi connectivity index (χ3n) is 6.26. The molecule has 1 aliphatic rings. The van der Waals surface area contributed by atoms with E-state index in [0.29, 0.717) is 23.3 Å².